The maximum atomic E-state index is 12.1. The number of aliphatic carboxylic acids is 1. The number of benzene rings is 1. The van der Waals surface area contributed by atoms with Gasteiger partial charge >= 0.3 is 5.97 Å². The number of rotatable bonds is 3. The van der Waals surface area contributed by atoms with E-state index in [4.69, 9.17) is 5.11 Å². The highest BCUT2D eigenvalue weighted by Crippen LogP contribution is 2.17. The van der Waals surface area contributed by atoms with Crippen molar-refractivity contribution in [2.24, 2.45) is 7.05 Å². The number of carboxylic acid groups (broad SMARTS) is 1. The van der Waals surface area contributed by atoms with Gasteiger partial charge < -0.3 is 9.67 Å². The van der Waals surface area contributed by atoms with Crippen molar-refractivity contribution in [1.29, 1.82) is 0 Å². The maximum absolute atomic E-state index is 12.1. The van der Waals surface area contributed by atoms with Gasteiger partial charge in [-0.1, -0.05) is 30.3 Å². The molecule has 1 aromatic heterocycles. The van der Waals surface area contributed by atoms with Gasteiger partial charge in [0.2, 0.25) is 0 Å². The van der Waals surface area contributed by atoms with Gasteiger partial charge in [-0.15, -0.1) is 0 Å². The van der Waals surface area contributed by atoms with Crippen molar-refractivity contribution in [2.45, 2.75) is 0 Å². The Balaban J connectivity index is 2.50. The summed E-state index contributed by atoms with van der Waals surface area (Å²) in [6, 6.07) is 13.0. The fourth-order valence-corrected chi connectivity index (χ4v) is 1.84. The zero-order chi connectivity index (χ0) is 13.8. The lowest BCUT2D eigenvalue weighted by Crippen LogP contribution is -2.20. The van der Waals surface area contributed by atoms with Crippen molar-refractivity contribution in [3.63, 3.8) is 0 Å². The number of hydrogen-bond donors (Lipinski definition) is 1. The highest BCUT2D eigenvalue weighted by Gasteiger charge is 2.05. The van der Waals surface area contributed by atoms with Crippen molar-refractivity contribution in [3.8, 4) is 11.3 Å². The molecule has 1 heterocycles. The van der Waals surface area contributed by atoms with E-state index < -0.39 is 5.97 Å². The van der Waals surface area contributed by atoms with Gasteiger partial charge in [0, 0.05) is 18.7 Å². The summed E-state index contributed by atoms with van der Waals surface area (Å²) in [7, 11) is 1.67. The molecule has 0 aliphatic heterocycles. The molecule has 0 saturated carbocycles. The van der Waals surface area contributed by atoms with Gasteiger partial charge in [0.05, 0.1) is 5.69 Å². The van der Waals surface area contributed by atoms with Gasteiger partial charge in [0.15, 0.2) is 0 Å². The minimum absolute atomic E-state index is 0.223. The topological polar surface area (TPSA) is 59.3 Å². The lowest BCUT2D eigenvalue weighted by atomic mass is 10.1. The molecule has 0 saturated heterocycles. The summed E-state index contributed by atoms with van der Waals surface area (Å²) in [5.41, 5.74) is 1.86. The molecule has 0 fully saturated rings. The van der Waals surface area contributed by atoms with E-state index in [2.05, 4.69) is 0 Å². The number of pyridine rings is 1. The van der Waals surface area contributed by atoms with E-state index in [0.717, 1.165) is 17.3 Å². The van der Waals surface area contributed by atoms with Crippen molar-refractivity contribution in [1.82, 2.24) is 4.57 Å². The van der Waals surface area contributed by atoms with Crippen LogP contribution in [0.5, 0.6) is 0 Å². The smallest absolute Gasteiger partial charge is 0.328 e. The molecular formula is C15H13NO3. The van der Waals surface area contributed by atoms with Gasteiger partial charge in [-0.2, -0.15) is 0 Å². The van der Waals surface area contributed by atoms with E-state index >= 15 is 0 Å². The normalized spacial score (nSPS) is 10.8. The Kier molecular flexibility index (Phi) is 3.61. The Bertz CT molecular complexity index is 684. The molecule has 1 N–H and O–H groups in total. The molecule has 0 spiro atoms. The van der Waals surface area contributed by atoms with E-state index in [1.54, 1.807) is 19.2 Å². The van der Waals surface area contributed by atoms with Gasteiger partial charge in [-0.25, -0.2) is 4.79 Å². The van der Waals surface area contributed by atoms with Crippen LogP contribution in [0, 0.1) is 0 Å². The van der Waals surface area contributed by atoms with Crippen molar-refractivity contribution in [2.75, 3.05) is 0 Å². The van der Waals surface area contributed by atoms with Crippen LogP contribution >= 0.6 is 0 Å². The van der Waals surface area contributed by atoms with Crippen LogP contribution in [-0.2, 0) is 11.8 Å². The molecule has 0 amide bonds. The highest BCUT2D eigenvalue weighted by atomic mass is 16.4. The Labute approximate surface area is 110 Å². The molecule has 2 aromatic rings. The number of carbonyl (C=O) groups is 1. The molecule has 4 heteroatoms. The van der Waals surface area contributed by atoms with E-state index in [1.165, 1.54) is 10.6 Å². The monoisotopic (exact) mass is 255 g/mol. The summed E-state index contributed by atoms with van der Waals surface area (Å²) >= 11 is 0. The molecule has 2 rings (SSSR count). The van der Waals surface area contributed by atoms with Crippen LogP contribution < -0.4 is 5.56 Å². The van der Waals surface area contributed by atoms with Crippen LogP contribution in [-0.4, -0.2) is 15.6 Å². The van der Waals surface area contributed by atoms with Crippen LogP contribution in [0.4, 0.5) is 0 Å². The average Bonchev–Trinajstić information content (AvgIpc) is 2.41. The first-order chi connectivity index (χ1) is 9.09. The standard InChI is InChI=1S/C15H13NO3/c1-16-13(11-5-3-2-4-6-11)9-7-12(15(16)19)8-10-14(17)18/h2-10H,1H3,(H,17,18)/b10-8+. The first kappa shape index (κ1) is 12.8. The molecule has 0 atom stereocenters. The summed E-state index contributed by atoms with van der Waals surface area (Å²) in [6.07, 6.45) is 2.26. The predicted octanol–water partition coefficient (Wildman–Crippen LogP) is 2.15. The van der Waals surface area contributed by atoms with Gasteiger partial charge in [-0.3, -0.25) is 4.79 Å². The summed E-state index contributed by atoms with van der Waals surface area (Å²) in [5.74, 6) is -1.07. The van der Waals surface area contributed by atoms with E-state index in [0.29, 0.717) is 5.56 Å². The molecule has 0 aliphatic carbocycles. The molecule has 0 aliphatic rings. The lowest BCUT2D eigenvalue weighted by molar-refractivity contribution is -0.131. The first-order valence-corrected chi connectivity index (χ1v) is 5.76. The van der Waals surface area contributed by atoms with Crippen LogP contribution in [0.2, 0.25) is 0 Å². The Morgan fingerprint density at radius 2 is 1.84 bits per heavy atom. The average molecular weight is 255 g/mol. The number of nitrogens with zero attached hydrogens (tertiary/aromatic N) is 1. The number of carboxylic acids is 1. The summed E-state index contributed by atoms with van der Waals surface area (Å²) < 4.78 is 1.51. The zero-order valence-corrected chi connectivity index (χ0v) is 10.4. The summed E-state index contributed by atoms with van der Waals surface area (Å²) in [5, 5.41) is 8.57. The van der Waals surface area contributed by atoms with E-state index in [9.17, 15) is 9.59 Å². The van der Waals surface area contributed by atoms with Gasteiger partial charge in [0.25, 0.3) is 5.56 Å². The van der Waals surface area contributed by atoms with Crippen LogP contribution in [0.1, 0.15) is 5.56 Å². The predicted molar refractivity (Wildman–Crippen MR) is 73.8 cm³/mol. The van der Waals surface area contributed by atoms with Crippen LogP contribution in [0.25, 0.3) is 17.3 Å². The Morgan fingerprint density at radius 1 is 1.16 bits per heavy atom. The van der Waals surface area contributed by atoms with Crippen molar-refractivity contribution < 1.29 is 9.90 Å². The Hall–Kier alpha value is -2.62. The second-order valence-corrected chi connectivity index (χ2v) is 4.08. The molecular weight excluding hydrogens is 242 g/mol. The van der Waals surface area contributed by atoms with Gasteiger partial charge in [0.1, 0.15) is 0 Å². The molecule has 0 radical (unpaired) electrons. The molecule has 0 unspecified atom stereocenters. The van der Waals surface area contributed by atoms with E-state index in [-0.39, 0.29) is 5.56 Å². The fraction of sp³-hybridized carbons (Fsp3) is 0.0667. The van der Waals surface area contributed by atoms with Gasteiger partial charge in [-0.05, 0) is 23.8 Å². The zero-order valence-electron chi connectivity index (χ0n) is 10.4. The molecule has 1 aromatic carbocycles. The van der Waals surface area contributed by atoms with Crippen LogP contribution in [0.3, 0.4) is 0 Å². The van der Waals surface area contributed by atoms with Crippen molar-refractivity contribution >= 4 is 12.0 Å². The maximum Gasteiger partial charge on any atom is 0.328 e. The summed E-state index contributed by atoms with van der Waals surface area (Å²) in [4.78, 5) is 22.6. The molecule has 0 bridgehead atoms. The third-order valence-electron chi connectivity index (χ3n) is 2.81. The fourth-order valence-electron chi connectivity index (χ4n) is 1.84. The SMILES string of the molecule is Cn1c(-c2ccccc2)ccc(/C=C/C(=O)O)c1=O. The second kappa shape index (κ2) is 5.35. The number of aromatic nitrogens is 1. The van der Waals surface area contributed by atoms with Crippen LogP contribution in [0.15, 0.2) is 53.3 Å². The molecule has 4 nitrogen and oxygen atoms in total. The third-order valence-corrected chi connectivity index (χ3v) is 2.81. The highest BCUT2D eigenvalue weighted by molar-refractivity contribution is 5.85. The minimum Gasteiger partial charge on any atom is -0.478 e. The lowest BCUT2D eigenvalue weighted by Gasteiger charge is -2.08. The molecule has 96 valence electrons. The third kappa shape index (κ3) is 2.80. The van der Waals surface area contributed by atoms with Crippen molar-refractivity contribution in [3.05, 3.63) is 64.5 Å². The Morgan fingerprint density at radius 3 is 2.47 bits per heavy atom. The second-order valence-electron chi connectivity index (χ2n) is 4.08. The summed E-state index contributed by atoms with van der Waals surface area (Å²) in [6.45, 7) is 0. The quantitative estimate of drug-likeness (QED) is 0.855. The largest absolute Gasteiger partial charge is 0.478 e. The first-order valence-electron chi connectivity index (χ1n) is 5.76. The minimum atomic E-state index is -1.07. The molecule has 19 heavy (non-hydrogen) atoms. The van der Waals surface area contributed by atoms with E-state index in [1.807, 2.05) is 30.3 Å². The number of hydrogen-bond acceptors (Lipinski definition) is 2.